The SMILES string of the molecule is CCNC(=O)Nc1ccc(-c2nc(N3CC4CCC(C3)O4)nc3c2C(=O)N(CCCO)CC(C)(C)O3)cc1. The Morgan fingerprint density at radius 1 is 1.16 bits per heavy atom. The molecule has 204 valence electrons. The molecule has 2 bridgehead atoms. The molecule has 38 heavy (non-hydrogen) atoms. The van der Waals surface area contributed by atoms with E-state index in [4.69, 9.17) is 19.4 Å². The van der Waals surface area contributed by atoms with Crippen LogP contribution in [0.5, 0.6) is 5.88 Å². The van der Waals surface area contributed by atoms with Crippen LogP contribution in [-0.2, 0) is 4.74 Å². The van der Waals surface area contributed by atoms with E-state index in [0.29, 0.717) is 67.6 Å². The van der Waals surface area contributed by atoms with Crippen molar-refractivity contribution in [3.05, 3.63) is 29.8 Å². The van der Waals surface area contributed by atoms with E-state index in [9.17, 15) is 14.7 Å². The third kappa shape index (κ3) is 5.53. The highest BCUT2D eigenvalue weighted by Gasteiger charge is 2.39. The van der Waals surface area contributed by atoms with Gasteiger partial charge < -0.3 is 35.0 Å². The zero-order valence-electron chi connectivity index (χ0n) is 22.2. The molecule has 5 rings (SSSR count). The van der Waals surface area contributed by atoms with Gasteiger partial charge in [-0.25, -0.2) is 9.78 Å². The molecule has 2 unspecified atom stereocenters. The van der Waals surface area contributed by atoms with Crippen molar-refractivity contribution in [1.82, 2.24) is 20.2 Å². The predicted octanol–water partition coefficient (Wildman–Crippen LogP) is 2.65. The van der Waals surface area contributed by atoms with Gasteiger partial charge in [-0.05, 0) is 52.2 Å². The number of aliphatic hydroxyl groups is 1. The first-order chi connectivity index (χ1) is 18.3. The number of nitrogens with zero attached hydrogens (tertiary/aromatic N) is 4. The van der Waals surface area contributed by atoms with E-state index in [2.05, 4.69) is 15.5 Å². The second-order valence-electron chi connectivity index (χ2n) is 10.6. The molecule has 11 nitrogen and oxygen atoms in total. The third-order valence-electron chi connectivity index (χ3n) is 6.98. The van der Waals surface area contributed by atoms with E-state index >= 15 is 0 Å². The van der Waals surface area contributed by atoms with Crippen LogP contribution < -0.4 is 20.3 Å². The van der Waals surface area contributed by atoms with Crippen LogP contribution in [0.15, 0.2) is 24.3 Å². The van der Waals surface area contributed by atoms with Gasteiger partial charge in [0, 0.05) is 44.0 Å². The summed E-state index contributed by atoms with van der Waals surface area (Å²) in [4.78, 5) is 39.4. The van der Waals surface area contributed by atoms with Gasteiger partial charge in [0.05, 0.1) is 24.4 Å². The molecule has 1 aromatic heterocycles. The summed E-state index contributed by atoms with van der Waals surface area (Å²) in [6.45, 7) is 8.34. The summed E-state index contributed by atoms with van der Waals surface area (Å²) in [6, 6.07) is 6.94. The first kappa shape index (κ1) is 26.2. The number of rotatable bonds is 7. The number of fused-ring (bicyclic) bond motifs is 3. The first-order valence-electron chi connectivity index (χ1n) is 13.3. The Morgan fingerprint density at radius 3 is 2.53 bits per heavy atom. The number of aromatic nitrogens is 2. The van der Waals surface area contributed by atoms with Crippen LogP contribution in [0, 0.1) is 0 Å². The number of ether oxygens (including phenoxy) is 2. The second-order valence-corrected chi connectivity index (χ2v) is 10.6. The molecule has 2 fully saturated rings. The molecule has 3 aliphatic heterocycles. The Balaban J connectivity index is 1.57. The number of nitrogens with one attached hydrogen (secondary N) is 2. The minimum Gasteiger partial charge on any atom is -0.469 e. The number of hydrogen-bond donors (Lipinski definition) is 3. The van der Waals surface area contributed by atoms with E-state index < -0.39 is 5.60 Å². The van der Waals surface area contributed by atoms with Crippen molar-refractivity contribution in [2.24, 2.45) is 0 Å². The molecular weight excluding hydrogens is 488 g/mol. The molecule has 3 N–H and O–H groups in total. The summed E-state index contributed by atoms with van der Waals surface area (Å²) in [5.41, 5.74) is 1.42. The van der Waals surface area contributed by atoms with Crippen molar-refractivity contribution in [3.8, 4) is 17.1 Å². The lowest BCUT2D eigenvalue weighted by atomic mass is 10.0. The number of urea groups is 1. The van der Waals surface area contributed by atoms with E-state index in [-0.39, 0.29) is 36.6 Å². The van der Waals surface area contributed by atoms with Crippen molar-refractivity contribution in [1.29, 1.82) is 0 Å². The lowest BCUT2D eigenvalue weighted by Gasteiger charge is -2.33. The van der Waals surface area contributed by atoms with Gasteiger partial charge in [0.2, 0.25) is 11.8 Å². The maximum absolute atomic E-state index is 13.9. The monoisotopic (exact) mass is 524 g/mol. The number of anilines is 2. The largest absolute Gasteiger partial charge is 0.469 e. The lowest BCUT2D eigenvalue weighted by Crippen LogP contribution is -2.43. The van der Waals surface area contributed by atoms with Gasteiger partial charge in [-0.15, -0.1) is 0 Å². The van der Waals surface area contributed by atoms with Gasteiger partial charge in [-0.1, -0.05) is 12.1 Å². The minimum absolute atomic E-state index is 0.0142. The van der Waals surface area contributed by atoms with E-state index in [0.717, 1.165) is 12.8 Å². The Bertz CT molecular complexity index is 1180. The van der Waals surface area contributed by atoms with E-state index in [1.807, 2.05) is 32.9 Å². The van der Waals surface area contributed by atoms with E-state index in [1.54, 1.807) is 17.0 Å². The molecule has 2 saturated heterocycles. The maximum atomic E-state index is 13.9. The molecule has 0 saturated carbocycles. The van der Waals surface area contributed by atoms with Gasteiger partial charge in [-0.3, -0.25) is 4.79 Å². The fourth-order valence-corrected chi connectivity index (χ4v) is 5.30. The van der Waals surface area contributed by atoms with Crippen LogP contribution in [-0.4, -0.2) is 89.1 Å². The van der Waals surface area contributed by atoms with Crippen LogP contribution in [0.4, 0.5) is 16.4 Å². The number of carbonyl (C=O) groups is 2. The third-order valence-corrected chi connectivity index (χ3v) is 6.98. The van der Waals surface area contributed by atoms with Crippen LogP contribution in [0.1, 0.15) is 50.4 Å². The summed E-state index contributed by atoms with van der Waals surface area (Å²) in [5, 5.41) is 14.9. The van der Waals surface area contributed by atoms with Crippen molar-refractivity contribution in [2.75, 3.05) is 49.5 Å². The van der Waals surface area contributed by atoms with Crippen molar-refractivity contribution in [3.63, 3.8) is 0 Å². The molecule has 0 radical (unpaired) electrons. The molecule has 0 aliphatic carbocycles. The number of hydrogen-bond acceptors (Lipinski definition) is 8. The highest BCUT2D eigenvalue weighted by Crippen LogP contribution is 2.37. The smallest absolute Gasteiger partial charge is 0.319 e. The summed E-state index contributed by atoms with van der Waals surface area (Å²) in [5.74, 6) is 0.540. The molecule has 11 heteroatoms. The van der Waals surface area contributed by atoms with Crippen molar-refractivity contribution >= 4 is 23.6 Å². The average Bonchev–Trinajstić information content (AvgIpc) is 3.18. The maximum Gasteiger partial charge on any atom is 0.319 e. The molecule has 0 spiro atoms. The van der Waals surface area contributed by atoms with E-state index in [1.165, 1.54) is 0 Å². The van der Waals surface area contributed by atoms with Gasteiger partial charge in [-0.2, -0.15) is 4.98 Å². The molecule has 1 aromatic carbocycles. The molecule has 3 amide bonds. The molecule has 3 aliphatic rings. The normalized spacial score (nSPS) is 21.9. The Kier molecular flexibility index (Phi) is 7.40. The van der Waals surface area contributed by atoms with Gasteiger partial charge in [0.1, 0.15) is 11.2 Å². The van der Waals surface area contributed by atoms with Crippen LogP contribution in [0.25, 0.3) is 11.3 Å². The number of carbonyl (C=O) groups excluding carboxylic acids is 2. The number of morpholine rings is 1. The highest BCUT2D eigenvalue weighted by molar-refractivity contribution is 6.03. The van der Waals surface area contributed by atoms with Crippen LogP contribution >= 0.6 is 0 Å². The highest BCUT2D eigenvalue weighted by atomic mass is 16.5. The van der Waals surface area contributed by atoms with Crippen LogP contribution in [0.2, 0.25) is 0 Å². The van der Waals surface area contributed by atoms with Gasteiger partial charge in [0.25, 0.3) is 5.91 Å². The quantitative estimate of drug-likeness (QED) is 0.504. The van der Waals surface area contributed by atoms with Crippen molar-refractivity contribution in [2.45, 2.75) is 57.8 Å². The van der Waals surface area contributed by atoms with Gasteiger partial charge >= 0.3 is 6.03 Å². The second kappa shape index (κ2) is 10.7. The topological polar surface area (TPSA) is 129 Å². The number of benzene rings is 1. The summed E-state index contributed by atoms with van der Waals surface area (Å²) >= 11 is 0. The first-order valence-corrected chi connectivity index (χ1v) is 13.3. The summed E-state index contributed by atoms with van der Waals surface area (Å²) in [6.07, 6.45) is 2.78. The Morgan fingerprint density at radius 2 is 1.87 bits per heavy atom. The molecule has 2 aromatic rings. The van der Waals surface area contributed by atoms with Gasteiger partial charge in [0.15, 0.2) is 0 Å². The number of amides is 3. The Hall–Kier alpha value is -3.44. The summed E-state index contributed by atoms with van der Waals surface area (Å²) < 4.78 is 12.4. The van der Waals surface area contributed by atoms with Crippen LogP contribution in [0.3, 0.4) is 0 Å². The standard InChI is InChI=1S/C27H36N6O5/c1-4-28-26(36)29-18-8-6-17(7-9-18)22-21-23(38-27(2,3)16-32(24(21)35)12-5-13-34)31-25(30-22)33-14-19-10-11-20(15-33)37-19/h6-9,19-20,34H,4-5,10-16H2,1-3H3,(H2,28,29,36). The predicted molar refractivity (Wildman–Crippen MR) is 143 cm³/mol. The fourth-order valence-electron chi connectivity index (χ4n) is 5.30. The van der Waals surface area contributed by atoms with Crippen molar-refractivity contribution < 1.29 is 24.2 Å². The average molecular weight is 525 g/mol. The zero-order chi connectivity index (χ0) is 26.9. The zero-order valence-corrected chi connectivity index (χ0v) is 22.2. The summed E-state index contributed by atoms with van der Waals surface area (Å²) in [7, 11) is 0. The lowest BCUT2D eigenvalue weighted by molar-refractivity contribution is 0.0297. The Labute approximate surface area is 222 Å². The molecule has 2 atom stereocenters. The molecular formula is C27H36N6O5. The fraction of sp³-hybridized carbons (Fsp3) is 0.556. The minimum atomic E-state index is -0.691. The molecule has 4 heterocycles. The number of aliphatic hydroxyl groups excluding tert-OH is 1.